The summed E-state index contributed by atoms with van der Waals surface area (Å²) < 4.78 is 0. The molecule has 0 aromatic rings. The Balaban J connectivity index is 2.13. The molecule has 2 fully saturated rings. The van der Waals surface area contributed by atoms with Gasteiger partial charge in [0, 0.05) is 12.0 Å². The third kappa shape index (κ3) is 4.91. The Bertz CT molecular complexity index is 551. The van der Waals surface area contributed by atoms with Crippen LogP contribution < -0.4 is 0 Å². The number of nitrogens with zero attached hydrogens (tertiary/aromatic N) is 1. The average Bonchev–Trinajstić information content (AvgIpc) is 2.67. The van der Waals surface area contributed by atoms with Gasteiger partial charge in [0.1, 0.15) is 5.54 Å². The van der Waals surface area contributed by atoms with Crippen molar-refractivity contribution < 1.29 is 19.5 Å². The molecule has 0 aromatic heterocycles. The molecule has 1 atom stereocenters. The first-order valence-corrected chi connectivity index (χ1v) is 10.8. The van der Waals surface area contributed by atoms with Crippen LogP contribution in [0.3, 0.4) is 0 Å². The van der Waals surface area contributed by atoms with Crippen molar-refractivity contribution in [3.05, 3.63) is 0 Å². The van der Waals surface area contributed by atoms with Crippen LogP contribution in [0.1, 0.15) is 97.8 Å². The number of piperidine rings is 1. The molecule has 0 spiro atoms. The first kappa shape index (κ1) is 21.9. The molecular formula is C22H37NO4. The third-order valence-corrected chi connectivity index (χ3v) is 7.00. The van der Waals surface area contributed by atoms with E-state index in [-0.39, 0.29) is 0 Å². The first-order valence-electron chi connectivity index (χ1n) is 10.8. The lowest BCUT2D eigenvalue weighted by Gasteiger charge is -2.45. The summed E-state index contributed by atoms with van der Waals surface area (Å²) in [6.07, 6.45) is 11.2. The highest BCUT2D eigenvalue weighted by Crippen LogP contribution is 2.37. The number of carbonyl (C=O) groups is 3. The van der Waals surface area contributed by atoms with E-state index in [0.29, 0.717) is 31.7 Å². The van der Waals surface area contributed by atoms with Gasteiger partial charge >= 0.3 is 5.97 Å². The number of amides is 1. The molecular weight excluding hydrogens is 342 g/mol. The SMILES string of the molecule is CCC(C)(C)C(=O)C(=O)N1CCCC[C@@]1(CCCC1CCCCC1)C(=O)O. The molecule has 1 heterocycles. The van der Waals surface area contributed by atoms with Crippen LogP contribution in [0.25, 0.3) is 0 Å². The van der Waals surface area contributed by atoms with Gasteiger partial charge in [0.15, 0.2) is 0 Å². The number of ketones is 1. The lowest BCUT2D eigenvalue weighted by molar-refractivity contribution is -0.167. The van der Waals surface area contributed by atoms with Crippen LogP contribution in [0.5, 0.6) is 0 Å². The van der Waals surface area contributed by atoms with Crippen LogP contribution in [0, 0.1) is 11.3 Å². The van der Waals surface area contributed by atoms with Gasteiger partial charge in [-0.25, -0.2) is 4.79 Å². The lowest BCUT2D eigenvalue weighted by atomic mass is 9.78. The van der Waals surface area contributed by atoms with E-state index in [1.54, 1.807) is 13.8 Å². The highest BCUT2D eigenvalue weighted by Gasteiger charge is 2.50. The van der Waals surface area contributed by atoms with Crippen molar-refractivity contribution in [3.63, 3.8) is 0 Å². The van der Waals surface area contributed by atoms with Gasteiger partial charge in [-0.1, -0.05) is 65.7 Å². The molecule has 1 aliphatic carbocycles. The molecule has 0 aromatic carbocycles. The zero-order valence-electron chi connectivity index (χ0n) is 17.4. The number of carboxylic acids is 1. The number of aliphatic carboxylic acids is 1. The van der Waals surface area contributed by atoms with Crippen LogP contribution in [0.2, 0.25) is 0 Å². The number of carbonyl (C=O) groups excluding carboxylic acids is 2. The Labute approximate surface area is 163 Å². The minimum atomic E-state index is -1.20. The second-order valence-electron chi connectivity index (χ2n) is 9.21. The molecule has 5 nitrogen and oxygen atoms in total. The smallest absolute Gasteiger partial charge is 0.329 e. The number of rotatable bonds is 8. The van der Waals surface area contributed by atoms with Gasteiger partial charge < -0.3 is 10.0 Å². The zero-order valence-corrected chi connectivity index (χ0v) is 17.4. The standard InChI is InChI=1S/C22H37NO4/c1-4-21(2,3)18(24)19(25)23-16-9-8-14-22(23,20(26)27)15-10-13-17-11-6-5-7-12-17/h17H,4-16H2,1-3H3,(H,26,27)/t22-/m1/s1. The van der Waals surface area contributed by atoms with Crippen molar-refractivity contribution >= 4 is 17.7 Å². The molecule has 0 unspecified atom stereocenters. The van der Waals surface area contributed by atoms with E-state index < -0.39 is 28.6 Å². The molecule has 0 radical (unpaired) electrons. The fourth-order valence-corrected chi connectivity index (χ4v) is 4.65. The summed E-state index contributed by atoms with van der Waals surface area (Å²) in [4.78, 5) is 39.5. The average molecular weight is 380 g/mol. The summed E-state index contributed by atoms with van der Waals surface area (Å²) in [7, 11) is 0. The normalized spacial score (nSPS) is 24.6. The zero-order chi connectivity index (χ0) is 20.1. The van der Waals surface area contributed by atoms with Crippen LogP contribution in [0.4, 0.5) is 0 Å². The van der Waals surface area contributed by atoms with Gasteiger partial charge in [-0.3, -0.25) is 9.59 Å². The number of carboxylic acid groups (broad SMARTS) is 1. The van der Waals surface area contributed by atoms with E-state index in [1.807, 2.05) is 6.92 Å². The predicted molar refractivity (Wildman–Crippen MR) is 105 cm³/mol. The predicted octanol–water partition coefficient (Wildman–Crippen LogP) is 4.58. The van der Waals surface area contributed by atoms with E-state index in [4.69, 9.17) is 0 Å². The van der Waals surface area contributed by atoms with Crippen molar-refractivity contribution in [2.45, 2.75) is 103 Å². The minimum Gasteiger partial charge on any atom is -0.479 e. The maximum absolute atomic E-state index is 13.0. The molecule has 2 aliphatic rings. The van der Waals surface area contributed by atoms with E-state index in [9.17, 15) is 19.5 Å². The van der Waals surface area contributed by atoms with E-state index in [0.717, 1.165) is 25.7 Å². The molecule has 1 saturated heterocycles. The quantitative estimate of drug-likeness (QED) is 0.627. The first-order chi connectivity index (χ1) is 12.7. The molecule has 1 amide bonds. The maximum Gasteiger partial charge on any atom is 0.329 e. The largest absolute Gasteiger partial charge is 0.479 e. The second kappa shape index (κ2) is 9.20. The summed E-state index contributed by atoms with van der Waals surface area (Å²) in [5.74, 6) is -1.30. The van der Waals surface area contributed by atoms with Crippen molar-refractivity contribution in [2.24, 2.45) is 11.3 Å². The summed E-state index contributed by atoms with van der Waals surface area (Å²) >= 11 is 0. The Hall–Kier alpha value is -1.39. The molecule has 1 N–H and O–H groups in total. The Morgan fingerprint density at radius 2 is 1.74 bits per heavy atom. The molecule has 2 rings (SSSR count). The fraction of sp³-hybridized carbons (Fsp3) is 0.864. The molecule has 1 saturated carbocycles. The highest BCUT2D eigenvalue weighted by atomic mass is 16.4. The molecule has 5 heteroatoms. The number of hydrogen-bond donors (Lipinski definition) is 1. The topological polar surface area (TPSA) is 74.7 Å². The summed E-state index contributed by atoms with van der Waals surface area (Å²) in [6, 6.07) is 0. The van der Waals surface area contributed by atoms with Gasteiger partial charge in [0.25, 0.3) is 5.91 Å². The molecule has 0 bridgehead atoms. The molecule has 27 heavy (non-hydrogen) atoms. The number of Topliss-reactive ketones (excluding diaryl/α,β-unsaturated/α-hetero) is 1. The van der Waals surface area contributed by atoms with Crippen molar-refractivity contribution in [3.8, 4) is 0 Å². The second-order valence-corrected chi connectivity index (χ2v) is 9.21. The van der Waals surface area contributed by atoms with E-state index in [2.05, 4.69) is 0 Å². The van der Waals surface area contributed by atoms with E-state index >= 15 is 0 Å². The number of hydrogen-bond acceptors (Lipinski definition) is 3. The Morgan fingerprint density at radius 1 is 1.07 bits per heavy atom. The van der Waals surface area contributed by atoms with Crippen molar-refractivity contribution in [1.29, 1.82) is 0 Å². The van der Waals surface area contributed by atoms with Gasteiger partial charge in [-0.2, -0.15) is 0 Å². The van der Waals surface area contributed by atoms with Gasteiger partial charge in [-0.05, 0) is 38.0 Å². The fourth-order valence-electron chi connectivity index (χ4n) is 4.65. The van der Waals surface area contributed by atoms with Crippen molar-refractivity contribution in [2.75, 3.05) is 6.54 Å². The van der Waals surface area contributed by atoms with Gasteiger partial charge in [0.05, 0.1) is 0 Å². The summed E-state index contributed by atoms with van der Waals surface area (Å²) in [5.41, 5.74) is -1.95. The van der Waals surface area contributed by atoms with Gasteiger partial charge in [0.2, 0.25) is 5.78 Å². The summed E-state index contributed by atoms with van der Waals surface area (Å²) in [5, 5.41) is 10.1. The lowest BCUT2D eigenvalue weighted by Crippen LogP contribution is -2.61. The van der Waals surface area contributed by atoms with Crippen LogP contribution in [0.15, 0.2) is 0 Å². The molecule has 1 aliphatic heterocycles. The van der Waals surface area contributed by atoms with E-state index in [1.165, 1.54) is 37.0 Å². The van der Waals surface area contributed by atoms with Crippen molar-refractivity contribution in [1.82, 2.24) is 4.90 Å². The Morgan fingerprint density at radius 3 is 2.33 bits per heavy atom. The Kier molecular flexibility index (Phi) is 7.47. The third-order valence-electron chi connectivity index (χ3n) is 7.00. The summed E-state index contributed by atoms with van der Waals surface area (Å²) in [6.45, 7) is 5.79. The highest BCUT2D eigenvalue weighted by molar-refractivity contribution is 6.38. The number of likely N-dealkylation sites (tertiary alicyclic amines) is 1. The monoisotopic (exact) mass is 379 g/mol. The maximum atomic E-state index is 13.0. The van der Waals surface area contributed by atoms with Gasteiger partial charge in [-0.15, -0.1) is 0 Å². The van der Waals surface area contributed by atoms with Crippen LogP contribution in [-0.2, 0) is 14.4 Å². The van der Waals surface area contributed by atoms with Crippen LogP contribution in [-0.4, -0.2) is 39.7 Å². The molecule has 154 valence electrons. The van der Waals surface area contributed by atoms with Crippen LogP contribution >= 0.6 is 0 Å². The minimum absolute atomic E-state index is 0.375.